The molecule has 0 saturated carbocycles. The molecule has 0 spiro atoms. The van der Waals surface area contributed by atoms with Crippen molar-refractivity contribution in [2.24, 2.45) is 0 Å². The van der Waals surface area contributed by atoms with E-state index in [1.165, 1.54) is 0 Å². The summed E-state index contributed by atoms with van der Waals surface area (Å²) in [6.45, 7) is 4.02. The molecule has 1 aromatic rings. The van der Waals surface area contributed by atoms with Crippen LogP contribution in [0.3, 0.4) is 0 Å². The zero-order valence-electron chi connectivity index (χ0n) is 6.50. The molecular formula is C8H10INO. The minimum Gasteiger partial charge on any atom is -0.506 e. The average Bonchev–Trinajstić information content (AvgIpc) is 1.94. The van der Waals surface area contributed by atoms with Crippen LogP contribution in [0.25, 0.3) is 0 Å². The molecule has 0 unspecified atom stereocenters. The highest BCUT2D eigenvalue weighted by atomic mass is 127. The molecule has 0 fully saturated rings. The van der Waals surface area contributed by atoms with Crippen LogP contribution < -0.4 is 0 Å². The lowest BCUT2D eigenvalue weighted by molar-refractivity contribution is 0.459. The third-order valence-corrected chi connectivity index (χ3v) is 2.02. The molecule has 0 aromatic carbocycles. The van der Waals surface area contributed by atoms with Crippen molar-refractivity contribution in [2.75, 3.05) is 0 Å². The van der Waals surface area contributed by atoms with Crippen LogP contribution in [0.2, 0.25) is 0 Å². The lowest BCUT2D eigenvalue weighted by atomic mass is 10.1. The fourth-order valence-electron chi connectivity index (χ4n) is 0.868. The Labute approximate surface area is 79.8 Å². The highest BCUT2D eigenvalue weighted by Crippen LogP contribution is 2.23. The first kappa shape index (κ1) is 8.77. The van der Waals surface area contributed by atoms with Crippen molar-refractivity contribution in [3.8, 4) is 5.75 Å². The van der Waals surface area contributed by atoms with Gasteiger partial charge in [0.25, 0.3) is 0 Å². The van der Waals surface area contributed by atoms with Gasteiger partial charge >= 0.3 is 0 Å². The summed E-state index contributed by atoms with van der Waals surface area (Å²) < 4.78 is 0.920. The quantitative estimate of drug-likeness (QED) is 0.623. The summed E-state index contributed by atoms with van der Waals surface area (Å²) in [5.41, 5.74) is 0.775. The van der Waals surface area contributed by atoms with Crippen molar-refractivity contribution in [2.45, 2.75) is 19.8 Å². The van der Waals surface area contributed by atoms with Gasteiger partial charge in [-0.05, 0) is 40.6 Å². The summed E-state index contributed by atoms with van der Waals surface area (Å²) in [4.78, 5) is 4.21. The predicted molar refractivity (Wildman–Crippen MR) is 52.7 cm³/mol. The van der Waals surface area contributed by atoms with Crippen molar-refractivity contribution < 1.29 is 5.11 Å². The van der Waals surface area contributed by atoms with E-state index in [4.69, 9.17) is 0 Å². The zero-order valence-corrected chi connectivity index (χ0v) is 8.66. The molecule has 0 saturated heterocycles. The topological polar surface area (TPSA) is 33.1 Å². The molecule has 0 aliphatic rings. The summed E-state index contributed by atoms with van der Waals surface area (Å²) in [5, 5.41) is 9.34. The Kier molecular flexibility index (Phi) is 2.70. The maximum absolute atomic E-state index is 9.34. The fourth-order valence-corrected chi connectivity index (χ4v) is 1.31. The first-order chi connectivity index (χ1) is 5.11. The largest absolute Gasteiger partial charge is 0.506 e. The smallest absolute Gasteiger partial charge is 0.137 e. The molecule has 0 atom stereocenters. The van der Waals surface area contributed by atoms with Gasteiger partial charge in [-0.1, -0.05) is 13.8 Å². The van der Waals surface area contributed by atoms with Crippen LogP contribution in [0.1, 0.15) is 25.5 Å². The minimum atomic E-state index is 0.282. The Bertz CT molecular complexity index is 260. The van der Waals surface area contributed by atoms with Crippen LogP contribution >= 0.6 is 22.6 Å². The number of pyridine rings is 1. The second kappa shape index (κ2) is 3.38. The van der Waals surface area contributed by atoms with E-state index in [0.29, 0.717) is 5.75 Å². The van der Waals surface area contributed by atoms with Crippen LogP contribution in [0.15, 0.2) is 12.1 Å². The predicted octanol–water partition coefficient (Wildman–Crippen LogP) is 2.52. The summed E-state index contributed by atoms with van der Waals surface area (Å²) in [6, 6.07) is 3.48. The molecule has 0 bridgehead atoms. The van der Waals surface area contributed by atoms with Gasteiger partial charge in [0.1, 0.15) is 9.45 Å². The van der Waals surface area contributed by atoms with E-state index in [1.807, 2.05) is 13.8 Å². The number of halogens is 1. The van der Waals surface area contributed by atoms with E-state index in [-0.39, 0.29) is 5.92 Å². The van der Waals surface area contributed by atoms with Gasteiger partial charge in [-0.3, -0.25) is 0 Å². The molecule has 0 aliphatic carbocycles. The number of nitrogens with zero attached hydrogens (tertiary/aromatic N) is 1. The lowest BCUT2D eigenvalue weighted by Gasteiger charge is -2.06. The van der Waals surface area contributed by atoms with E-state index in [2.05, 4.69) is 27.6 Å². The van der Waals surface area contributed by atoms with Gasteiger partial charge in [0.05, 0.1) is 5.69 Å². The normalized spacial score (nSPS) is 10.5. The van der Waals surface area contributed by atoms with E-state index in [9.17, 15) is 5.11 Å². The Morgan fingerprint density at radius 2 is 2.09 bits per heavy atom. The fraction of sp³-hybridized carbons (Fsp3) is 0.375. The maximum Gasteiger partial charge on any atom is 0.137 e. The molecule has 1 heterocycles. The number of aromatic nitrogens is 1. The van der Waals surface area contributed by atoms with Gasteiger partial charge in [-0.25, -0.2) is 4.98 Å². The van der Waals surface area contributed by atoms with Crippen molar-refractivity contribution >= 4 is 22.6 Å². The molecule has 11 heavy (non-hydrogen) atoms. The summed E-state index contributed by atoms with van der Waals surface area (Å²) in [6.07, 6.45) is 0. The molecule has 0 aliphatic heterocycles. The Morgan fingerprint density at radius 3 is 2.55 bits per heavy atom. The van der Waals surface area contributed by atoms with Gasteiger partial charge in [0.15, 0.2) is 0 Å². The van der Waals surface area contributed by atoms with Crippen molar-refractivity contribution in [3.63, 3.8) is 0 Å². The van der Waals surface area contributed by atoms with Crippen LogP contribution in [-0.2, 0) is 0 Å². The monoisotopic (exact) mass is 263 g/mol. The Balaban J connectivity index is 3.13. The molecule has 3 heteroatoms. The number of aromatic hydroxyl groups is 1. The number of hydrogen-bond acceptors (Lipinski definition) is 2. The Morgan fingerprint density at radius 1 is 1.45 bits per heavy atom. The van der Waals surface area contributed by atoms with Gasteiger partial charge in [0, 0.05) is 0 Å². The van der Waals surface area contributed by atoms with E-state index < -0.39 is 0 Å². The molecule has 1 rings (SSSR count). The first-order valence-electron chi connectivity index (χ1n) is 3.46. The van der Waals surface area contributed by atoms with Crippen LogP contribution in [0.4, 0.5) is 0 Å². The van der Waals surface area contributed by atoms with Gasteiger partial charge < -0.3 is 5.11 Å². The van der Waals surface area contributed by atoms with Crippen LogP contribution in [0, 0.1) is 3.70 Å². The van der Waals surface area contributed by atoms with Crippen molar-refractivity contribution in [1.29, 1.82) is 0 Å². The van der Waals surface area contributed by atoms with E-state index in [0.717, 1.165) is 9.39 Å². The number of hydrogen-bond donors (Lipinski definition) is 1. The highest BCUT2D eigenvalue weighted by Gasteiger charge is 2.06. The van der Waals surface area contributed by atoms with Gasteiger partial charge in [0.2, 0.25) is 0 Å². The maximum atomic E-state index is 9.34. The highest BCUT2D eigenvalue weighted by molar-refractivity contribution is 14.1. The molecule has 0 radical (unpaired) electrons. The average molecular weight is 263 g/mol. The Hall–Kier alpha value is -0.320. The minimum absolute atomic E-state index is 0.282. The molecule has 60 valence electrons. The van der Waals surface area contributed by atoms with Crippen molar-refractivity contribution in [3.05, 3.63) is 21.5 Å². The second-order valence-electron chi connectivity index (χ2n) is 2.69. The summed E-state index contributed by atoms with van der Waals surface area (Å²) in [5.74, 6) is 0.574. The number of rotatable bonds is 1. The first-order valence-corrected chi connectivity index (χ1v) is 4.54. The standard InChI is InChI=1S/C8H10INO/c1-5(2)8-6(11)3-4-7(9)10-8/h3-5,11H,1-2H3. The van der Waals surface area contributed by atoms with Crippen LogP contribution in [-0.4, -0.2) is 10.1 Å². The van der Waals surface area contributed by atoms with Crippen molar-refractivity contribution in [1.82, 2.24) is 4.98 Å². The molecule has 1 N–H and O–H groups in total. The van der Waals surface area contributed by atoms with Crippen LogP contribution in [0.5, 0.6) is 5.75 Å². The summed E-state index contributed by atoms with van der Waals surface area (Å²) in [7, 11) is 0. The molecular weight excluding hydrogens is 253 g/mol. The van der Waals surface area contributed by atoms with E-state index >= 15 is 0 Å². The van der Waals surface area contributed by atoms with Gasteiger partial charge in [-0.15, -0.1) is 0 Å². The lowest BCUT2D eigenvalue weighted by Crippen LogP contribution is -1.94. The van der Waals surface area contributed by atoms with Gasteiger partial charge in [-0.2, -0.15) is 0 Å². The molecule has 2 nitrogen and oxygen atoms in total. The third kappa shape index (κ3) is 2.05. The second-order valence-corrected chi connectivity index (χ2v) is 3.80. The third-order valence-electron chi connectivity index (χ3n) is 1.42. The molecule has 1 aromatic heterocycles. The summed E-state index contributed by atoms with van der Waals surface area (Å²) >= 11 is 2.13. The SMILES string of the molecule is CC(C)c1nc(I)ccc1O. The molecule has 0 amide bonds. The zero-order chi connectivity index (χ0) is 8.43. The van der Waals surface area contributed by atoms with E-state index in [1.54, 1.807) is 12.1 Å².